The molecule has 21 heavy (non-hydrogen) atoms. The number of halogens is 1. The number of hydrogen-bond donors (Lipinski definition) is 3. The Kier molecular flexibility index (Phi) is 5.38. The molecule has 0 spiro atoms. The van der Waals surface area contributed by atoms with Gasteiger partial charge in [-0.1, -0.05) is 25.4 Å². The third kappa shape index (κ3) is 4.41. The van der Waals surface area contributed by atoms with Gasteiger partial charge >= 0.3 is 5.97 Å². The van der Waals surface area contributed by atoms with Gasteiger partial charge in [0.1, 0.15) is 0 Å². The van der Waals surface area contributed by atoms with E-state index >= 15 is 0 Å². The first kappa shape index (κ1) is 17.9. The highest BCUT2D eigenvalue weighted by Gasteiger charge is 2.27. The summed E-state index contributed by atoms with van der Waals surface area (Å²) in [7, 11) is -3.88. The molecule has 1 atom stereocenters. The largest absolute Gasteiger partial charge is 0.478 e. The monoisotopic (exact) mass is 335 g/mol. The first-order valence-corrected chi connectivity index (χ1v) is 8.08. The minimum Gasteiger partial charge on any atom is -0.478 e. The van der Waals surface area contributed by atoms with Gasteiger partial charge in [-0.15, -0.1) is 0 Å². The SMILES string of the molecule is CC(C)C(C)(O)CNS(=O)(=O)c1ccc(C(=O)O)c(Cl)c1. The van der Waals surface area contributed by atoms with Gasteiger partial charge in [0.05, 0.1) is 21.1 Å². The summed E-state index contributed by atoms with van der Waals surface area (Å²) in [6.45, 7) is 4.91. The van der Waals surface area contributed by atoms with Crippen LogP contribution in [0.3, 0.4) is 0 Å². The Morgan fingerprint density at radius 3 is 2.43 bits per heavy atom. The number of nitrogens with one attached hydrogen (secondary N) is 1. The summed E-state index contributed by atoms with van der Waals surface area (Å²) < 4.78 is 26.5. The molecule has 118 valence electrons. The molecule has 6 nitrogen and oxygen atoms in total. The van der Waals surface area contributed by atoms with Crippen LogP contribution in [0.1, 0.15) is 31.1 Å². The maximum atomic E-state index is 12.1. The highest BCUT2D eigenvalue weighted by Crippen LogP contribution is 2.22. The number of benzene rings is 1. The first-order valence-electron chi connectivity index (χ1n) is 6.22. The number of aromatic carboxylic acids is 1. The third-order valence-electron chi connectivity index (χ3n) is 3.35. The van der Waals surface area contributed by atoms with E-state index in [2.05, 4.69) is 4.72 Å². The second-order valence-corrected chi connectivity index (χ2v) is 7.46. The van der Waals surface area contributed by atoms with Gasteiger partial charge in [0.15, 0.2) is 0 Å². The Morgan fingerprint density at radius 1 is 1.43 bits per heavy atom. The first-order chi connectivity index (χ1) is 9.47. The molecule has 0 bridgehead atoms. The lowest BCUT2D eigenvalue weighted by Crippen LogP contribution is -2.44. The maximum Gasteiger partial charge on any atom is 0.337 e. The average molecular weight is 336 g/mol. The van der Waals surface area contributed by atoms with Gasteiger partial charge in [0.25, 0.3) is 0 Å². The standard InChI is InChI=1S/C13H18ClNO5S/c1-8(2)13(3,18)7-15-21(19,20)9-4-5-10(12(16)17)11(14)6-9/h4-6,8,15,18H,7H2,1-3H3,(H,16,17). The van der Waals surface area contributed by atoms with E-state index in [9.17, 15) is 18.3 Å². The van der Waals surface area contributed by atoms with Gasteiger partial charge in [-0.2, -0.15) is 0 Å². The molecule has 0 aromatic heterocycles. The maximum absolute atomic E-state index is 12.1. The van der Waals surface area contributed by atoms with Gasteiger partial charge in [-0.05, 0) is 31.0 Å². The Bertz CT molecular complexity index is 640. The number of rotatable bonds is 6. The minimum absolute atomic E-state index is 0.141. The molecular formula is C13H18ClNO5S. The van der Waals surface area contributed by atoms with Crippen LogP contribution in [0.25, 0.3) is 0 Å². The summed E-state index contributed by atoms with van der Waals surface area (Å²) in [4.78, 5) is 10.7. The van der Waals surface area contributed by atoms with Crippen molar-refractivity contribution in [3.05, 3.63) is 28.8 Å². The van der Waals surface area contributed by atoms with E-state index in [4.69, 9.17) is 16.7 Å². The van der Waals surface area contributed by atoms with Gasteiger partial charge in [0, 0.05) is 6.54 Å². The molecule has 0 saturated carbocycles. The Morgan fingerprint density at radius 2 is 2.00 bits per heavy atom. The lowest BCUT2D eigenvalue weighted by molar-refractivity contribution is 0.0190. The summed E-state index contributed by atoms with van der Waals surface area (Å²) in [6.07, 6.45) is 0. The van der Waals surface area contributed by atoms with Crippen molar-refractivity contribution in [2.45, 2.75) is 31.3 Å². The van der Waals surface area contributed by atoms with Crippen LogP contribution in [0, 0.1) is 5.92 Å². The van der Waals surface area contributed by atoms with Crippen molar-refractivity contribution in [2.75, 3.05) is 6.54 Å². The normalized spacial score (nSPS) is 15.0. The Labute approximate surface area is 128 Å². The van der Waals surface area contributed by atoms with E-state index < -0.39 is 21.6 Å². The summed E-state index contributed by atoms with van der Waals surface area (Å²) in [6, 6.07) is 3.35. The van der Waals surface area contributed by atoms with Gasteiger partial charge in [0.2, 0.25) is 10.0 Å². The minimum atomic E-state index is -3.88. The summed E-state index contributed by atoms with van der Waals surface area (Å²) >= 11 is 5.75. The Balaban J connectivity index is 2.99. The topological polar surface area (TPSA) is 104 Å². The van der Waals surface area contributed by atoms with Crippen molar-refractivity contribution in [3.63, 3.8) is 0 Å². The molecule has 1 rings (SSSR count). The molecule has 1 unspecified atom stereocenters. The van der Waals surface area contributed by atoms with Gasteiger partial charge in [-0.3, -0.25) is 0 Å². The van der Waals surface area contributed by atoms with Crippen molar-refractivity contribution < 1.29 is 23.4 Å². The zero-order chi connectivity index (χ0) is 16.4. The lowest BCUT2D eigenvalue weighted by Gasteiger charge is -2.27. The fraction of sp³-hybridized carbons (Fsp3) is 0.462. The van der Waals surface area contributed by atoms with E-state index in [0.717, 1.165) is 18.2 Å². The third-order valence-corrected chi connectivity index (χ3v) is 5.06. The van der Waals surface area contributed by atoms with Gasteiger partial charge in [-0.25, -0.2) is 17.9 Å². The van der Waals surface area contributed by atoms with Crippen LogP contribution >= 0.6 is 11.6 Å². The highest BCUT2D eigenvalue weighted by atomic mass is 35.5. The van der Waals surface area contributed by atoms with Crippen LogP contribution in [0.2, 0.25) is 5.02 Å². The molecule has 1 aromatic rings. The number of sulfonamides is 1. The number of aliphatic hydroxyl groups is 1. The Hall–Kier alpha value is -1.15. The quantitative estimate of drug-likeness (QED) is 0.734. The predicted molar refractivity (Wildman–Crippen MR) is 79.1 cm³/mol. The second kappa shape index (κ2) is 6.31. The molecule has 0 aliphatic heterocycles. The van der Waals surface area contributed by atoms with Gasteiger partial charge < -0.3 is 10.2 Å². The fourth-order valence-corrected chi connectivity index (χ4v) is 2.86. The van der Waals surface area contributed by atoms with Crippen LogP contribution in [0.15, 0.2) is 23.1 Å². The fourth-order valence-electron chi connectivity index (χ4n) is 1.37. The van der Waals surface area contributed by atoms with E-state index in [0.29, 0.717) is 0 Å². The molecule has 0 heterocycles. The zero-order valence-corrected chi connectivity index (χ0v) is 13.5. The summed E-state index contributed by atoms with van der Waals surface area (Å²) in [5.74, 6) is -1.38. The van der Waals surface area contributed by atoms with Crippen LogP contribution in [0.4, 0.5) is 0 Å². The molecular weight excluding hydrogens is 318 g/mol. The molecule has 8 heteroatoms. The number of carboxylic acid groups (broad SMARTS) is 1. The molecule has 0 radical (unpaired) electrons. The lowest BCUT2D eigenvalue weighted by atomic mass is 9.93. The number of carbonyl (C=O) groups is 1. The van der Waals surface area contributed by atoms with Crippen molar-refractivity contribution >= 4 is 27.6 Å². The van der Waals surface area contributed by atoms with Crippen LogP contribution < -0.4 is 4.72 Å². The van der Waals surface area contributed by atoms with Crippen LogP contribution in [-0.2, 0) is 10.0 Å². The second-order valence-electron chi connectivity index (χ2n) is 5.28. The smallest absolute Gasteiger partial charge is 0.337 e. The molecule has 0 fully saturated rings. The van der Waals surface area contributed by atoms with Crippen LogP contribution in [0.5, 0.6) is 0 Å². The molecule has 0 saturated heterocycles. The average Bonchev–Trinajstić information content (AvgIpc) is 2.36. The summed E-state index contributed by atoms with van der Waals surface area (Å²) in [5.41, 5.74) is -1.37. The zero-order valence-electron chi connectivity index (χ0n) is 11.9. The van der Waals surface area contributed by atoms with Crippen molar-refractivity contribution in [1.82, 2.24) is 4.72 Å². The van der Waals surface area contributed by atoms with E-state index in [1.54, 1.807) is 13.8 Å². The van der Waals surface area contributed by atoms with Crippen molar-refractivity contribution in [2.24, 2.45) is 5.92 Å². The number of hydrogen-bond acceptors (Lipinski definition) is 4. The highest BCUT2D eigenvalue weighted by molar-refractivity contribution is 7.89. The van der Waals surface area contributed by atoms with Crippen molar-refractivity contribution in [3.8, 4) is 0 Å². The molecule has 1 aromatic carbocycles. The molecule has 0 aliphatic carbocycles. The molecule has 3 N–H and O–H groups in total. The number of carboxylic acids is 1. The molecule has 0 aliphatic rings. The summed E-state index contributed by atoms with van der Waals surface area (Å²) in [5, 5.41) is 18.7. The molecule has 0 amide bonds. The van der Waals surface area contributed by atoms with E-state index in [-0.39, 0.29) is 27.9 Å². The van der Waals surface area contributed by atoms with Crippen molar-refractivity contribution in [1.29, 1.82) is 0 Å². The van der Waals surface area contributed by atoms with E-state index in [1.807, 2.05) is 0 Å². The van der Waals surface area contributed by atoms with E-state index in [1.165, 1.54) is 6.92 Å². The van der Waals surface area contributed by atoms with Crippen LogP contribution in [-0.4, -0.2) is 36.7 Å². The predicted octanol–water partition coefficient (Wildman–Crippen LogP) is 1.72.